The summed E-state index contributed by atoms with van der Waals surface area (Å²) in [5.74, 6) is -1.62. The molecule has 0 saturated carbocycles. The Bertz CT molecular complexity index is 701. The highest BCUT2D eigenvalue weighted by Crippen LogP contribution is 2.23. The first-order chi connectivity index (χ1) is 12.8. The highest BCUT2D eigenvalue weighted by molar-refractivity contribution is 6.31. The Morgan fingerprint density at radius 3 is 2.44 bits per heavy atom. The van der Waals surface area contributed by atoms with Crippen molar-refractivity contribution < 1.29 is 19.5 Å². The minimum atomic E-state index is -1.01. The smallest absolute Gasteiger partial charge is 0.306 e. The number of piperidine rings is 1. The Balaban J connectivity index is 2.05. The summed E-state index contributed by atoms with van der Waals surface area (Å²) in [5, 5.41) is 12.5. The molecule has 1 atom stereocenters. The summed E-state index contributed by atoms with van der Waals surface area (Å²) in [5.41, 5.74) is -0.298. The van der Waals surface area contributed by atoms with Crippen LogP contribution in [-0.2, 0) is 20.8 Å². The predicted octanol–water partition coefficient (Wildman–Crippen LogP) is 2.88. The molecule has 1 aliphatic rings. The van der Waals surface area contributed by atoms with E-state index in [2.05, 4.69) is 5.32 Å². The molecule has 0 bridgehead atoms. The van der Waals surface area contributed by atoms with Gasteiger partial charge in [0, 0.05) is 18.1 Å². The van der Waals surface area contributed by atoms with Crippen LogP contribution in [0.2, 0.25) is 5.02 Å². The van der Waals surface area contributed by atoms with E-state index < -0.39 is 17.4 Å². The molecule has 1 heterocycles. The van der Waals surface area contributed by atoms with Gasteiger partial charge in [-0.1, -0.05) is 43.1 Å². The Morgan fingerprint density at radius 1 is 1.26 bits per heavy atom. The molecule has 2 amide bonds. The zero-order valence-electron chi connectivity index (χ0n) is 15.8. The number of nitrogens with one attached hydrogen (secondary N) is 1. The standard InChI is InChI=1S/C20H27ClN2O4/c1-3-10-20(2,19(27)23-11-8-14(9-12-23)18(25)26)22-17(24)13-15-6-4-5-7-16(15)21/h4-7,14H,3,8-13H2,1-2H3,(H,22,24)(H,25,26). The molecule has 6 nitrogen and oxygen atoms in total. The van der Waals surface area contributed by atoms with Crippen LogP contribution in [0, 0.1) is 5.92 Å². The monoisotopic (exact) mass is 394 g/mol. The highest BCUT2D eigenvalue weighted by atomic mass is 35.5. The van der Waals surface area contributed by atoms with Gasteiger partial charge in [0.2, 0.25) is 11.8 Å². The van der Waals surface area contributed by atoms with Crippen molar-refractivity contribution in [2.24, 2.45) is 5.92 Å². The van der Waals surface area contributed by atoms with Gasteiger partial charge in [-0.3, -0.25) is 14.4 Å². The molecule has 1 fully saturated rings. The molecular formula is C20H27ClN2O4. The van der Waals surface area contributed by atoms with E-state index in [9.17, 15) is 14.4 Å². The minimum absolute atomic E-state index is 0.105. The lowest BCUT2D eigenvalue weighted by Crippen LogP contribution is -2.59. The van der Waals surface area contributed by atoms with Crippen molar-refractivity contribution in [2.45, 2.75) is 51.5 Å². The SMILES string of the molecule is CCCC(C)(NC(=O)Cc1ccccc1Cl)C(=O)N1CCC(C(=O)O)CC1. The summed E-state index contributed by atoms with van der Waals surface area (Å²) < 4.78 is 0. The number of hydrogen-bond donors (Lipinski definition) is 2. The average molecular weight is 395 g/mol. The van der Waals surface area contributed by atoms with Crippen molar-refractivity contribution in [1.82, 2.24) is 10.2 Å². The van der Waals surface area contributed by atoms with Crippen molar-refractivity contribution in [2.75, 3.05) is 13.1 Å². The summed E-state index contributed by atoms with van der Waals surface area (Å²) in [7, 11) is 0. The van der Waals surface area contributed by atoms with Gasteiger partial charge in [-0.15, -0.1) is 0 Å². The van der Waals surface area contributed by atoms with Crippen LogP contribution in [0.1, 0.15) is 45.1 Å². The lowest BCUT2D eigenvalue weighted by atomic mass is 9.90. The van der Waals surface area contributed by atoms with Crippen LogP contribution >= 0.6 is 11.6 Å². The first-order valence-electron chi connectivity index (χ1n) is 9.33. The lowest BCUT2D eigenvalue weighted by molar-refractivity contribution is -0.148. The number of aliphatic carboxylic acids is 1. The maximum absolute atomic E-state index is 13.1. The van der Waals surface area contributed by atoms with Crippen LogP contribution in [-0.4, -0.2) is 46.4 Å². The third-order valence-corrected chi connectivity index (χ3v) is 5.45. The van der Waals surface area contributed by atoms with Crippen LogP contribution in [0.4, 0.5) is 0 Å². The quantitative estimate of drug-likeness (QED) is 0.744. The van der Waals surface area contributed by atoms with Gasteiger partial charge in [0.15, 0.2) is 0 Å². The van der Waals surface area contributed by atoms with E-state index in [0.29, 0.717) is 42.9 Å². The van der Waals surface area contributed by atoms with E-state index in [1.54, 1.807) is 30.0 Å². The van der Waals surface area contributed by atoms with Crippen LogP contribution in [0.3, 0.4) is 0 Å². The van der Waals surface area contributed by atoms with Gasteiger partial charge < -0.3 is 15.3 Å². The summed E-state index contributed by atoms with van der Waals surface area (Å²) in [4.78, 5) is 38.4. The molecule has 2 rings (SSSR count). The highest BCUT2D eigenvalue weighted by Gasteiger charge is 2.39. The Kier molecular flexibility index (Phi) is 7.25. The van der Waals surface area contributed by atoms with E-state index in [1.807, 2.05) is 13.0 Å². The lowest BCUT2D eigenvalue weighted by Gasteiger charge is -2.38. The Hall–Kier alpha value is -2.08. The molecule has 1 aromatic carbocycles. The Morgan fingerprint density at radius 2 is 1.89 bits per heavy atom. The molecule has 0 radical (unpaired) electrons. The number of rotatable bonds is 7. The average Bonchev–Trinajstić information content (AvgIpc) is 2.63. The van der Waals surface area contributed by atoms with Gasteiger partial charge in [-0.05, 0) is 37.8 Å². The molecule has 1 aliphatic heterocycles. The summed E-state index contributed by atoms with van der Waals surface area (Å²) in [6, 6.07) is 7.14. The number of benzene rings is 1. The number of nitrogens with zero attached hydrogens (tertiary/aromatic N) is 1. The van der Waals surface area contributed by atoms with Gasteiger partial charge in [0.05, 0.1) is 12.3 Å². The van der Waals surface area contributed by atoms with E-state index in [4.69, 9.17) is 16.7 Å². The van der Waals surface area contributed by atoms with Crippen molar-refractivity contribution in [1.29, 1.82) is 0 Å². The predicted molar refractivity (Wildman–Crippen MR) is 104 cm³/mol. The molecular weight excluding hydrogens is 368 g/mol. The van der Waals surface area contributed by atoms with E-state index in [1.165, 1.54) is 0 Å². The third kappa shape index (κ3) is 5.45. The van der Waals surface area contributed by atoms with Crippen LogP contribution in [0.15, 0.2) is 24.3 Å². The number of halogens is 1. The van der Waals surface area contributed by atoms with Crippen molar-refractivity contribution in [3.63, 3.8) is 0 Å². The molecule has 7 heteroatoms. The number of likely N-dealkylation sites (tertiary alicyclic amines) is 1. The third-order valence-electron chi connectivity index (χ3n) is 5.08. The molecule has 0 aliphatic carbocycles. The van der Waals surface area contributed by atoms with E-state index in [-0.39, 0.29) is 18.2 Å². The van der Waals surface area contributed by atoms with Gasteiger partial charge in [-0.2, -0.15) is 0 Å². The fourth-order valence-electron chi connectivity index (χ4n) is 3.57. The number of amides is 2. The van der Waals surface area contributed by atoms with Crippen LogP contribution < -0.4 is 5.32 Å². The van der Waals surface area contributed by atoms with Crippen LogP contribution in [0.25, 0.3) is 0 Å². The zero-order valence-corrected chi connectivity index (χ0v) is 16.6. The van der Waals surface area contributed by atoms with Crippen molar-refractivity contribution in [3.8, 4) is 0 Å². The summed E-state index contributed by atoms with van der Waals surface area (Å²) in [6.07, 6.45) is 2.24. The van der Waals surface area contributed by atoms with Crippen molar-refractivity contribution in [3.05, 3.63) is 34.9 Å². The number of carboxylic acids is 1. The molecule has 148 valence electrons. The molecule has 0 aromatic heterocycles. The second-order valence-corrected chi connectivity index (χ2v) is 7.71. The normalized spacial score (nSPS) is 17.2. The van der Waals surface area contributed by atoms with Crippen LogP contribution in [0.5, 0.6) is 0 Å². The molecule has 1 saturated heterocycles. The number of carbonyl (C=O) groups is 3. The second-order valence-electron chi connectivity index (χ2n) is 7.30. The minimum Gasteiger partial charge on any atom is -0.481 e. The maximum atomic E-state index is 13.1. The molecule has 2 N–H and O–H groups in total. The summed E-state index contributed by atoms with van der Waals surface area (Å²) in [6.45, 7) is 4.50. The van der Waals surface area contributed by atoms with E-state index in [0.717, 1.165) is 6.42 Å². The Labute approximate surface area is 164 Å². The number of carboxylic acid groups (broad SMARTS) is 1. The van der Waals surface area contributed by atoms with Gasteiger partial charge in [0.1, 0.15) is 5.54 Å². The zero-order chi connectivity index (χ0) is 20.0. The fraction of sp³-hybridized carbons (Fsp3) is 0.550. The number of carbonyl (C=O) groups excluding carboxylic acids is 2. The van der Waals surface area contributed by atoms with Gasteiger partial charge >= 0.3 is 5.97 Å². The molecule has 0 spiro atoms. The molecule has 1 aromatic rings. The van der Waals surface area contributed by atoms with Crippen molar-refractivity contribution >= 4 is 29.4 Å². The molecule has 27 heavy (non-hydrogen) atoms. The van der Waals surface area contributed by atoms with Gasteiger partial charge in [-0.25, -0.2) is 0 Å². The molecule has 1 unspecified atom stereocenters. The van der Waals surface area contributed by atoms with Gasteiger partial charge in [0.25, 0.3) is 0 Å². The summed E-state index contributed by atoms with van der Waals surface area (Å²) >= 11 is 6.12. The first-order valence-corrected chi connectivity index (χ1v) is 9.71. The largest absolute Gasteiger partial charge is 0.481 e. The fourth-order valence-corrected chi connectivity index (χ4v) is 3.77. The maximum Gasteiger partial charge on any atom is 0.306 e. The van der Waals surface area contributed by atoms with E-state index >= 15 is 0 Å². The number of hydrogen-bond acceptors (Lipinski definition) is 3. The second kappa shape index (κ2) is 9.22. The topological polar surface area (TPSA) is 86.7 Å². The first kappa shape index (κ1) is 21.2.